The topological polar surface area (TPSA) is 98.3 Å². The molecule has 0 radical (unpaired) electrons. The van der Waals surface area contributed by atoms with Gasteiger partial charge >= 0.3 is 0 Å². The number of benzene rings is 1. The van der Waals surface area contributed by atoms with Gasteiger partial charge in [-0.15, -0.1) is 0 Å². The van der Waals surface area contributed by atoms with Crippen LogP contribution < -0.4 is 11.1 Å². The van der Waals surface area contributed by atoms with E-state index in [9.17, 15) is 14.9 Å². The molecule has 0 spiro atoms. The monoisotopic (exact) mass is 265 g/mol. The second kappa shape index (κ2) is 6.29. The van der Waals surface area contributed by atoms with E-state index in [2.05, 4.69) is 5.32 Å². The van der Waals surface area contributed by atoms with Crippen molar-refractivity contribution in [3.05, 3.63) is 39.4 Å². The summed E-state index contributed by atoms with van der Waals surface area (Å²) in [5.41, 5.74) is 6.46. The summed E-state index contributed by atoms with van der Waals surface area (Å²) in [6.45, 7) is 5.96. The van der Waals surface area contributed by atoms with Crippen LogP contribution in [0, 0.1) is 23.0 Å². The van der Waals surface area contributed by atoms with Crippen LogP contribution in [-0.2, 0) is 0 Å². The Labute approximate surface area is 112 Å². The Balaban J connectivity index is 2.96. The first kappa shape index (κ1) is 15.1. The molecule has 1 aromatic rings. The van der Waals surface area contributed by atoms with E-state index in [1.165, 1.54) is 12.1 Å². The number of nitro groups is 1. The summed E-state index contributed by atoms with van der Waals surface area (Å²) in [4.78, 5) is 22.3. The number of aryl methyl sites for hydroxylation is 1. The quantitative estimate of drug-likeness (QED) is 0.624. The van der Waals surface area contributed by atoms with E-state index in [-0.39, 0.29) is 29.1 Å². The zero-order valence-electron chi connectivity index (χ0n) is 11.3. The maximum Gasteiger partial charge on any atom is 0.270 e. The van der Waals surface area contributed by atoms with Crippen molar-refractivity contribution in [3.8, 4) is 0 Å². The highest BCUT2D eigenvalue weighted by Crippen LogP contribution is 2.17. The third-order valence-electron chi connectivity index (χ3n) is 2.91. The molecule has 1 amide bonds. The van der Waals surface area contributed by atoms with Crippen LogP contribution in [0.4, 0.5) is 5.69 Å². The molecule has 0 saturated heterocycles. The van der Waals surface area contributed by atoms with Crippen molar-refractivity contribution in [1.29, 1.82) is 0 Å². The summed E-state index contributed by atoms with van der Waals surface area (Å²) >= 11 is 0. The van der Waals surface area contributed by atoms with Gasteiger partial charge in [-0.05, 0) is 24.5 Å². The molecule has 6 heteroatoms. The molecule has 19 heavy (non-hydrogen) atoms. The first-order chi connectivity index (χ1) is 8.85. The second-order valence-corrected chi connectivity index (χ2v) is 4.87. The second-order valence-electron chi connectivity index (χ2n) is 4.87. The first-order valence-corrected chi connectivity index (χ1v) is 6.12. The number of nitrogens with zero attached hydrogens (tertiary/aromatic N) is 1. The first-order valence-electron chi connectivity index (χ1n) is 6.12. The molecule has 0 saturated carbocycles. The number of hydrogen-bond donors (Lipinski definition) is 2. The molecule has 0 aliphatic heterocycles. The number of hydrogen-bond acceptors (Lipinski definition) is 4. The molecule has 6 nitrogen and oxygen atoms in total. The third-order valence-corrected chi connectivity index (χ3v) is 2.91. The molecule has 3 N–H and O–H groups in total. The standard InChI is InChI=1S/C13H19N3O3/c1-8(2)12(7-14)15-13(17)10-4-9(3)5-11(6-10)16(18)19/h4-6,8,12H,7,14H2,1-3H3,(H,15,17). The van der Waals surface area contributed by atoms with Gasteiger partial charge in [-0.1, -0.05) is 13.8 Å². The molecular formula is C13H19N3O3. The maximum absolute atomic E-state index is 12.1. The number of nitrogens with one attached hydrogen (secondary N) is 1. The fraction of sp³-hybridized carbons (Fsp3) is 0.462. The zero-order chi connectivity index (χ0) is 14.6. The van der Waals surface area contributed by atoms with Gasteiger partial charge in [-0.2, -0.15) is 0 Å². The van der Waals surface area contributed by atoms with E-state index in [1.54, 1.807) is 13.0 Å². The Morgan fingerprint density at radius 3 is 2.53 bits per heavy atom. The predicted octanol–water partition coefficient (Wildman–Crippen LogP) is 1.62. The maximum atomic E-state index is 12.1. The number of amides is 1. The summed E-state index contributed by atoms with van der Waals surface area (Å²) in [5, 5.41) is 13.6. The highest BCUT2D eigenvalue weighted by molar-refractivity contribution is 5.95. The summed E-state index contributed by atoms with van der Waals surface area (Å²) in [5.74, 6) is -0.135. The Hall–Kier alpha value is -1.95. The molecule has 1 aromatic carbocycles. The minimum Gasteiger partial charge on any atom is -0.348 e. The van der Waals surface area contributed by atoms with Gasteiger partial charge in [-0.3, -0.25) is 14.9 Å². The molecular weight excluding hydrogens is 246 g/mol. The molecule has 0 heterocycles. The van der Waals surface area contributed by atoms with Crippen LogP contribution in [-0.4, -0.2) is 23.4 Å². The van der Waals surface area contributed by atoms with E-state index in [4.69, 9.17) is 5.73 Å². The van der Waals surface area contributed by atoms with Crippen LogP contribution in [0.1, 0.15) is 29.8 Å². The Bertz CT molecular complexity index is 486. The molecule has 104 valence electrons. The fourth-order valence-corrected chi connectivity index (χ4v) is 1.75. The lowest BCUT2D eigenvalue weighted by Gasteiger charge is -2.20. The predicted molar refractivity (Wildman–Crippen MR) is 73.0 cm³/mol. The molecule has 0 aromatic heterocycles. The van der Waals surface area contributed by atoms with Crippen molar-refractivity contribution in [1.82, 2.24) is 5.32 Å². The van der Waals surface area contributed by atoms with Crippen molar-refractivity contribution in [3.63, 3.8) is 0 Å². The highest BCUT2D eigenvalue weighted by Gasteiger charge is 2.18. The van der Waals surface area contributed by atoms with E-state index in [0.29, 0.717) is 12.1 Å². The van der Waals surface area contributed by atoms with Gasteiger partial charge in [-0.25, -0.2) is 0 Å². The zero-order valence-corrected chi connectivity index (χ0v) is 11.3. The molecule has 0 aliphatic rings. The van der Waals surface area contributed by atoms with Crippen LogP contribution in [0.3, 0.4) is 0 Å². The largest absolute Gasteiger partial charge is 0.348 e. The summed E-state index contributed by atoms with van der Waals surface area (Å²) < 4.78 is 0. The molecule has 1 rings (SSSR count). The number of non-ortho nitro benzene ring substituents is 1. The SMILES string of the molecule is Cc1cc(C(=O)NC(CN)C(C)C)cc([N+](=O)[O-])c1. The number of nitrogens with two attached hydrogens (primary N) is 1. The van der Waals surface area contributed by atoms with Gasteiger partial charge < -0.3 is 11.1 Å². The minimum absolute atomic E-state index is 0.0843. The molecule has 1 atom stereocenters. The van der Waals surface area contributed by atoms with Gasteiger partial charge in [0.05, 0.1) is 4.92 Å². The fourth-order valence-electron chi connectivity index (χ4n) is 1.75. The van der Waals surface area contributed by atoms with Crippen LogP contribution in [0.25, 0.3) is 0 Å². The summed E-state index contributed by atoms with van der Waals surface area (Å²) in [6, 6.07) is 4.18. The van der Waals surface area contributed by atoms with Gasteiger partial charge in [0.25, 0.3) is 11.6 Å². The number of nitro benzene ring substituents is 1. The lowest BCUT2D eigenvalue weighted by molar-refractivity contribution is -0.384. The average molecular weight is 265 g/mol. The van der Waals surface area contributed by atoms with Crippen LogP contribution in [0.15, 0.2) is 18.2 Å². The van der Waals surface area contributed by atoms with Crippen molar-refractivity contribution in [2.24, 2.45) is 11.7 Å². The van der Waals surface area contributed by atoms with Gasteiger partial charge in [0.1, 0.15) is 0 Å². The van der Waals surface area contributed by atoms with Crippen molar-refractivity contribution in [2.45, 2.75) is 26.8 Å². The lowest BCUT2D eigenvalue weighted by Crippen LogP contribution is -2.43. The van der Waals surface area contributed by atoms with E-state index in [1.807, 2.05) is 13.8 Å². The third kappa shape index (κ3) is 4.03. The number of carbonyl (C=O) groups excluding carboxylic acids is 1. The summed E-state index contributed by atoms with van der Waals surface area (Å²) in [7, 11) is 0. The van der Waals surface area contributed by atoms with Crippen molar-refractivity contribution in [2.75, 3.05) is 6.54 Å². The molecule has 0 aliphatic carbocycles. The van der Waals surface area contributed by atoms with E-state index < -0.39 is 4.92 Å². The molecule has 0 fully saturated rings. The number of carbonyl (C=O) groups is 1. The van der Waals surface area contributed by atoms with Crippen LogP contribution >= 0.6 is 0 Å². The van der Waals surface area contributed by atoms with E-state index >= 15 is 0 Å². The Morgan fingerprint density at radius 1 is 1.42 bits per heavy atom. The van der Waals surface area contributed by atoms with Gasteiger partial charge in [0.15, 0.2) is 0 Å². The summed E-state index contributed by atoms with van der Waals surface area (Å²) in [6.07, 6.45) is 0. The minimum atomic E-state index is -0.507. The highest BCUT2D eigenvalue weighted by atomic mass is 16.6. The van der Waals surface area contributed by atoms with Crippen LogP contribution in [0.5, 0.6) is 0 Å². The van der Waals surface area contributed by atoms with E-state index in [0.717, 1.165) is 0 Å². The Morgan fingerprint density at radius 2 is 2.05 bits per heavy atom. The normalized spacial score (nSPS) is 12.3. The smallest absolute Gasteiger partial charge is 0.270 e. The van der Waals surface area contributed by atoms with Crippen LogP contribution in [0.2, 0.25) is 0 Å². The van der Waals surface area contributed by atoms with Crippen molar-refractivity contribution < 1.29 is 9.72 Å². The van der Waals surface area contributed by atoms with Gasteiger partial charge in [0, 0.05) is 30.3 Å². The van der Waals surface area contributed by atoms with Crippen molar-refractivity contribution >= 4 is 11.6 Å². The lowest BCUT2D eigenvalue weighted by atomic mass is 10.0. The molecule has 0 bridgehead atoms. The average Bonchev–Trinajstić information content (AvgIpc) is 2.34. The van der Waals surface area contributed by atoms with Gasteiger partial charge in [0.2, 0.25) is 0 Å². The number of rotatable bonds is 5. The molecule has 1 unspecified atom stereocenters. The Kier molecular flexibility index (Phi) is 5.00.